The zero-order chi connectivity index (χ0) is 12.2. The summed E-state index contributed by atoms with van der Waals surface area (Å²) in [6.07, 6.45) is 0.796. The molecule has 1 rings (SSSR count). The number of anilines is 1. The highest BCUT2D eigenvalue weighted by Crippen LogP contribution is 2.27. The first-order chi connectivity index (χ1) is 7.44. The minimum atomic E-state index is -0.180. The molecule has 0 fully saturated rings. The second kappa shape index (κ2) is 5.41. The molecule has 16 heavy (non-hydrogen) atoms. The average Bonchev–Trinajstić information content (AvgIpc) is 2.21. The van der Waals surface area contributed by atoms with Gasteiger partial charge in [0.1, 0.15) is 5.75 Å². The van der Waals surface area contributed by atoms with E-state index in [2.05, 4.69) is 0 Å². The molecule has 3 nitrogen and oxygen atoms in total. The molecule has 0 aromatic heterocycles. The van der Waals surface area contributed by atoms with Crippen molar-refractivity contribution in [1.29, 1.82) is 0 Å². The number of methoxy groups -OCH3 is 1. The van der Waals surface area contributed by atoms with E-state index in [9.17, 15) is 0 Å². The molecule has 0 aliphatic carbocycles. The van der Waals surface area contributed by atoms with Gasteiger partial charge < -0.3 is 15.2 Å². The zero-order valence-corrected chi connectivity index (χ0v) is 10.7. The van der Waals surface area contributed by atoms with Crippen LogP contribution in [0.2, 0.25) is 5.02 Å². The van der Waals surface area contributed by atoms with E-state index in [0.29, 0.717) is 23.1 Å². The maximum absolute atomic E-state index is 5.98. The number of rotatable bonds is 5. The van der Waals surface area contributed by atoms with Crippen molar-refractivity contribution in [2.24, 2.45) is 0 Å². The fourth-order valence-corrected chi connectivity index (χ4v) is 1.39. The standard InChI is InChI=1S/C12H18ClNO2/c1-12(2,15-3)6-7-16-11-5-4-9(14)8-10(11)13/h4-5,8H,6-7,14H2,1-3H3. The Morgan fingerprint density at radius 2 is 2.06 bits per heavy atom. The number of hydrogen-bond acceptors (Lipinski definition) is 3. The van der Waals surface area contributed by atoms with Crippen LogP contribution < -0.4 is 10.5 Å². The van der Waals surface area contributed by atoms with Gasteiger partial charge in [0, 0.05) is 19.2 Å². The van der Waals surface area contributed by atoms with Gasteiger partial charge in [0.2, 0.25) is 0 Å². The van der Waals surface area contributed by atoms with Crippen molar-refractivity contribution in [2.45, 2.75) is 25.9 Å². The Morgan fingerprint density at radius 1 is 1.38 bits per heavy atom. The smallest absolute Gasteiger partial charge is 0.138 e. The second-order valence-electron chi connectivity index (χ2n) is 4.25. The Labute approximate surface area is 101 Å². The Morgan fingerprint density at radius 3 is 2.62 bits per heavy atom. The first-order valence-electron chi connectivity index (χ1n) is 5.17. The molecule has 2 N–H and O–H groups in total. The number of benzene rings is 1. The summed E-state index contributed by atoms with van der Waals surface area (Å²) in [6.45, 7) is 4.59. The van der Waals surface area contributed by atoms with Gasteiger partial charge in [-0.25, -0.2) is 0 Å². The molecule has 0 aliphatic rings. The summed E-state index contributed by atoms with van der Waals surface area (Å²) >= 11 is 5.98. The summed E-state index contributed by atoms with van der Waals surface area (Å²) in [6, 6.07) is 5.22. The molecule has 0 saturated heterocycles. The number of nitrogen functional groups attached to an aromatic ring is 1. The first-order valence-corrected chi connectivity index (χ1v) is 5.55. The van der Waals surface area contributed by atoms with E-state index in [4.69, 9.17) is 26.8 Å². The Hall–Kier alpha value is -0.930. The molecule has 1 aromatic carbocycles. The average molecular weight is 244 g/mol. The Kier molecular flexibility index (Phi) is 4.44. The third kappa shape index (κ3) is 3.91. The molecule has 0 bridgehead atoms. The lowest BCUT2D eigenvalue weighted by Gasteiger charge is -2.22. The second-order valence-corrected chi connectivity index (χ2v) is 4.66. The molecular weight excluding hydrogens is 226 g/mol. The van der Waals surface area contributed by atoms with Gasteiger partial charge >= 0.3 is 0 Å². The van der Waals surface area contributed by atoms with Gasteiger partial charge in [-0.1, -0.05) is 11.6 Å². The molecular formula is C12H18ClNO2. The first kappa shape index (κ1) is 13.1. The molecule has 4 heteroatoms. The summed E-state index contributed by atoms with van der Waals surface area (Å²) < 4.78 is 10.9. The molecule has 1 aromatic rings. The van der Waals surface area contributed by atoms with E-state index in [0.717, 1.165) is 6.42 Å². The van der Waals surface area contributed by atoms with Crippen molar-refractivity contribution in [1.82, 2.24) is 0 Å². The summed E-state index contributed by atoms with van der Waals surface area (Å²) in [5.74, 6) is 0.655. The van der Waals surface area contributed by atoms with Gasteiger partial charge in [0.25, 0.3) is 0 Å². The summed E-state index contributed by atoms with van der Waals surface area (Å²) in [5, 5.41) is 0.537. The predicted octanol–water partition coefficient (Wildman–Crippen LogP) is 3.12. The van der Waals surface area contributed by atoms with E-state index < -0.39 is 0 Å². The van der Waals surface area contributed by atoms with E-state index in [1.54, 1.807) is 25.3 Å². The molecule has 0 radical (unpaired) electrons. The van der Waals surface area contributed by atoms with Crippen molar-refractivity contribution < 1.29 is 9.47 Å². The van der Waals surface area contributed by atoms with Crippen LogP contribution in [0.5, 0.6) is 5.75 Å². The van der Waals surface area contributed by atoms with Crippen LogP contribution in [0.15, 0.2) is 18.2 Å². The van der Waals surface area contributed by atoms with Crippen molar-refractivity contribution in [3.05, 3.63) is 23.2 Å². The largest absolute Gasteiger partial charge is 0.492 e. The Balaban J connectivity index is 2.49. The minimum absolute atomic E-state index is 0.180. The van der Waals surface area contributed by atoms with Crippen LogP contribution in [0, 0.1) is 0 Å². The topological polar surface area (TPSA) is 44.5 Å². The molecule has 0 saturated carbocycles. The van der Waals surface area contributed by atoms with E-state index in [1.807, 2.05) is 13.8 Å². The lowest BCUT2D eigenvalue weighted by Crippen LogP contribution is -2.25. The van der Waals surface area contributed by atoms with Crippen LogP contribution in [0.3, 0.4) is 0 Å². The van der Waals surface area contributed by atoms with Gasteiger partial charge in [-0.15, -0.1) is 0 Å². The number of nitrogens with two attached hydrogens (primary N) is 1. The molecule has 0 heterocycles. The third-order valence-corrected chi connectivity index (χ3v) is 2.77. The fourth-order valence-electron chi connectivity index (χ4n) is 1.14. The minimum Gasteiger partial charge on any atom is -0.492 e. The molecule has 0 unspecified atom stereocenters. The quantitative estimate of drug-likeness (QED) is 0.809. The number of ether oxygens (including phenoxy) is 2. The van der Waals surface area contributed by atoms with E-state index in [-0.39, 0.29) is 5.60 Å². The summed E-state index contributed by atoms with van der Waals surface area (Å²) in [7, 11) is 1.69. The fraction of sp³-hybridized carbons (Fsp3) is 0.500. The van der Waals surface area contributed by atoms with Crippen LogP contribution in [0.4, 0.5) is 5.69 Å². The highest BCUT2D eigenvalue weighted by Gasteiger charge is 2.16. The maximum Gasteiger partial charge on any atom is 0.138 e. The maximum atomic E-state index is 5.98. The van der Waals surface area contributed by atoms with Gasteiger partial charge in [0.15, 0.2) is 0 Å². The van der Waals surface area contributed by atoms with E-state index in [1.165, 1.54) is 0 Å². The van der Waals surface area contributed by atoms with Crippen LogP contribution in [0.1, 0.15) is 20.3 Å². The van der Waals surface area contributed by atoms with Gasteiger partial charge in [-0.2, -0.15) is 0 Å². The van der Waals surface area contributed by atoms with Gasteiger partial charge in [-0.3, -0.25) is 0 Å². The SMILES string of the molecule is COC(C)(C)CCOc1ccc(N)cc1Cl. The molecule has 0 aliphatic heterocycles. The molecule has 0 atom stereocenters. The van der Waals surface area contributed by atoms with Crippen LogP contribution in [0.25, 0.3) is 0 Å². The monoisotopic (exact) mass is 243 g/mol. The summed E-state index contributed by atoms with van der Waals surface area (Å²) in [4.78, 5) is 0. The Bertz CT molecular complexity index is 353. The van der Waals surface area contributed by atoms with Crippen molar-refractivity contribution >= 4 is 17.3 Å². The van der Waals surface area contributed by atoms with Crippen molar-refractivity contribution in [3.63, 3.8) is 0 Å². The summed E-state index contributed by atoms with van der Waals surface area (Å²) in [5.41, 5.74) is 6.04. The lowest BCUT2D eigenvalue weighted by atomic mass is 10.1. The number of hydrogen-bond donors (Lipinski definition) is 1. The van der Waals surface area contributed by atoms with Gasteiger partial charge in [0.05, 0.1) is 17.2 Å². The van der Waals surface area contributed by atoms with Crippen LogP contribution in [-0.4, -0.2) is 19.3 Å². The van der Waals surface area contributed by atoms with Crippen molar-refractivity contribution in [2.75, 3.05) is 19.5 Å². The molecule has 0 amide bonds. The zero-order valence-electron chi connectivity index (χ0n) is 9.92. The van der Waals surface area contributed by atoms with Crippen LogP contribution in [-0.2, 0) is 4.74 Å². The lowest BCUT2D eigenvalue weighted by molar-refractivity contribution is 0.00546. The highest BCUT2D eigenvalue weighted by molar-refractivity contribution is 6.32. The van der Waals surface area contributed by atoms with Gasteiger partial charge in [-0.05, 0) is 32.0 Å². The highest BCUT2D eigenvalue weighted by atomic mass is 35.5. The van der Waals surface area contributed by atoms with Crippen molar-refractivity contribution in [3.8, 4) is 5.75 Å². The number of halogens is 1. The van der Waals surface area contributed by atoms with Crippen LogP contribution >= 0.6 is 11.6 Å². The third-order valence-electron chi connectivity index (χ3n) is 2.47. The molecule has 0 spiro atoms. The van der Waals surface area contributed by atoms with E-state index >= 15 is 0 Å². The normalized spacial score (nSPS) is 11.5. The molecule has 90 valence electrons. The predicted molar refractivity (Wildman–Crippen MR) is 67.1 cm³/mol.